The number of thiazole rings is 1. The Bertz CT molecular complexity index is 175. The van der Waals surface area contributed by atoms with Crippen molar-refractivity contribution in [3.05, 3.63) is 16.6 Å². The first-order valence-electron chi connectivity index (χ1n) is 3.50. The molecule has 0 atom stereocenters. The molecule has 0 spiro atoms. The maximum absolute atomic E-state index is 4.16. The van der Waals surface area contributed by atoms with Gasteiger partial charge in [-0.1, -0.05) is 0 Å². The maximum Gasteiger partial charge on any atom is 0.0795 e. The average molecular weight is 188 g/mol. The van der Waals surface area contributed by atoms with Crippen LogP contribution in [0.2, 0.25) is 0 Å². The first kappa shape index (κ1) is 9.03. The highest BCUT2D eigenvalue weighted by Gasteiger charge is 1.91. The Morgan fingerprint density at radius 3 is 3.27 bits per heavy atom. The van der Waals surface area contributed by atoms with Crippen molar-refractivity contribution >= 4 is 23.1 Å². The second-order valence-corrected chi connectivity index (χ2v) is 3.85. The molecule has 0 saturated carbocycles. The van der Waals surface area contributed by atoms with E-state index in [4.69, 9.17) is 0 Å². The lowest BCUT2D eigenvalue weighted by Gasteiger charge is -1.98. The molecule has 1 N–H and O–H groups in total. The number of rotatable bonds is 5. The van der Waals surface area contributed by atoms with Crippen LogP contribution in [0.5, 0.6) is 0 Å². The van der Waals surface area contributed by atoms with Crippen molar-refractivity contribution in [3.63, 3.8) is 0 Å². The Morgan fingerprint density at radius 1 is 1.73 bits per heavy atom. The number of nitrogens with one attached hydrogen (secondary N) is 1. The van der Waals surface area contributed by atoms with E-state index in [0.29, 0.717) is 0 Å². The number of hydrogen-bond donors (Lipinski definition) is 1. The summed E-state index contributed by atoms with van der Waals surface area (Å²) in [5.41, 5.74) is 3.02. The SMILES string of the molecule is CSCCNCc1cscn1. The third-order valence-corrected chi connectivity index (χ3v) is 2.52. The fourth-order valence-corrected chi connectivity index (χ4v) is 1.62. The van der Waals surface area contributed by atoms with Crippen LogP contribution >= 0.6 is 23.1 Å². The molecule has 1 aromatic heterocycles. The third kappa shape index (κ3) is 3.74. The first-order valence-corrected chi connectivity index (χ1v) is 5.84. The van der Waals surface area contributed by atoms with Gasteiger partial charge in [0.15, 0.2) is 0 Å². The normalized spacial score (nSPS) is 10.3. The second kappa shape index (κ2) is 5.57. The summed E-state index contributed by atoms with van der Waals surface area (Å²) < 4.78 is 0. The number of thioether (sulfide) groups is 1. The van der Waals surface area contributed by atoms with Crippen molar-refractivity contribution in [3.8, 4) is 0 Å². The maximum atomic E-state index is 4.16. The summed E-state index contributed by atoms with van der Waals surface area (Å²) in [4.78, 5) is 4.16. The quantitative estimate of drug-likeness (QED) is 0.710. The van der Waals surface area contributed by atoms with Gasteiger partial charge in [-0.15, -0.1) is 11.3 Å². The van der Waals surface area contributed by atoms with Crippen LogP contribution in [0, 0.1) is 0 Å². The topological polar surface area (TPSA) is 24.9 Å². The molecule has 0 fully saturated rings. The zero-order valence-electron chi connectivity index (χ0n) is 6.54. The zero-order chi connectivity index (χ0) is 7.94. The summed E-state index contributed by atoms with van der Waals surface area (Å²) in [5, 5.41) is 5.39. The third-order valence-electron chi connectivity index (χ3n) is 1.27. The van der Waals surface area contributed by atoms with E-state index in [-0.39, 0.29) is 0 Å². The number of aromatic nitrogens is 1. The lowest BCUT2D eigenvalue weighted by molar-refractivity contribution is 0.719. The predicted molar refractivity (Wildman–Crippen MR) is 52.2 cm³/mol. The Morgan fingerprint density at radius 2 is 2.64 bits per heavy atom. The van der Waals surface area contributed by atoms with Crippen LogP contribution in [-0.4, -0.2) is 23.5 Å². The highest BCUT2D eigenvalue weighted by atomic mass is 32.2. The van der Waals surface area contributed by atoms with E-state index in [9.17, 15) is 0 Å². The van der Waals surface area contributed by atoms with Crippen molar-refractivity contribution in [2.75, 3.05) is 18.6 Å². The van der Waals surface area contributed by atoms with E-state index in [1.165, 1.54) is 5.75 Å². The van der Waals surface area contributed by atoms with Crippen molar-refractivity contribution in [2.45, 2.75) is 6.54 Å². The largest absolute Gasteiger partial charge is 0.310 e. The fourth-order valence-electron chi connectivity index (χ4n) is 0.716. The predicted octanol–water partition coefficient (Wildman–Crippen LogP) is 1.60. The van der Waals surface area contributed by atoms with Crippen LogP contribution in [0.1, 0.15) is 5.69 Å². The van der Waals surface area contributed by atoms with E-state index in [2.05, 4.69) is 21.9 Å². The van der Waals surface area contributed by atoms with E-state index >= 15 is 0 Å². The fraction of sp³-hybridized carbons (Fsp3) is 0.571. The summed E-state index contributed by atoms with van der Waals surface area (Å²) >= 11 is 3.51. The van der Waals surface area contributed by atoms with E-state index in [1.54, 1.807) is 11.3 Å². The zero-order valence-corrected chi connectivity index (χ0v) is 8.17. The molecule has 0 saturated heterocycles. The van der Waals surface area contributed by atoms with Gasteiger partial charge in [-0.05, 0) is 6.26 Å². The molecule has 1 aromatic rings. The Kier molecular flexibility index (Phi) is 4.58. The van der Waals surface area contributed by atoms with Gasteiger partial charge in [0.25, 0.3) is 0 Å². The smallest absolute Gasteiger partial charge is 0.0795 e. The van der Waals surface area contributed by atoms with Crippen molar-refractivity contribution < 1.29 is 0 Å². The molecule has 0 aliphatic heterocycles. The Balaban J connectivity index is 2.04. The van der Waals surface area contributed by atoms with E-state index in [1.807, 2.05) is 17.3 Å². The molecule has 0 aliphatic carbocycles. The molecule has 0 unspecified atom stereocenters. The Hall–Kier alpha value is -0.0600. The highest BCUT2D eigenvalue weighted by molar-refractivity contribution is 7.98. The first-order chi connectivity index (χ1) is 5.43. The summed E-state index contributed by atoms with van der Waals surface area (Å²) in [5.74, 6) is 1.17. The minimum absolute atomic E-state index is 0.907. The number of hydrogen-bond acceptors (Lipinski definition) is 4. The summed E-state index contributed by atoms with van der Waals surface area (Å²) in [6.45, 7) is 1.97. The molecule has 62 valence electrons. The minimum atomic E-state index is 0.907. The molecule has 0 bridgehead atoms. The summed E-state index contributed by atoms with van der Waals surface area (Å²) in [6.07, 6.45) is 2.12. The molecule has 0 amide bonds. The Labute approximate surface area is 75.4 Å². The van der Waals surface area contributed by atoms with Crippen LogP contribution in [0.4, 0.5) is 0 Å². The molecule has 0 aromatic carbocycles. The lowest BCUT2D eigenvalue weighted by atomic mass is 10.5. The van der Waals surface area contributed by atoms with Gasteiger partial charge in [-0.3, -0.25) is 0 Å². The van der Waals surface area contributed by atoms with Gasteiger partial charge in [0.1, 0.15) is 0 Å². The van der Waals surface area contributed by atoms with Gasteiger partial charge >= 0.3 is 0 Å². The van der Waals surface area contributed by atoms with Gasteiger partial charge in [0.05, 0.1) is 11.2 Å². The van der Waals surface area contributed by atoms with Crippen LogP contribution < -0.4 is 5.32 Å². The lowest BCUT2D eigenvalue weighted by Crippen LogP contribution is -2.16. The van der Waals surface area contributed by atoms with E-state index < -0.39 is 0 Å². The van der Waals surface area contributed by atoms with Crippen LogP contribution in [0.25, 0.3) is 0 Å². The molecular weight excluding hydrogens is 176 g/mol. The van der Waals surface area contributed by atoms with Crippen molar-refractivity contribution in [1.29, 1.82) is 0 Å². The molecule has 0 aliphatic rings. The van der Waals surface area contributed by atoms with Gasteiger partial charge in [-0.2, -0.15) is 11.8 Å². The van der Waals surface area contributed by atoms with Gasteiger partial charge in [-0.25, -0.2) is 4.98 Å². The van der Waals surface area contributed by atoms with Crippen LogP contribution in [0.3, 0.4) is 0 Å². The number of nitrogens with zero attached hydrogens (tertiary/aromatic N) is 1. The van der Waals surface area contributed by atoms with Crippen molar-refractivity contribution in [2.24, 2.45) is 0 Å². The van der Waals surface area contributed by atoms with Gasteiger partial charge in [0, 0.05) is 24.2 Å². The second-order valence-electron chi connectivity index (χ2n) is 2.15. The molecule has 0 radical (unpaired) electrons. The van der Waals surface area contributed by atoms with Gasteiger partial charge < -0.3 is 5.32 Å². The molecule has 1 rings (SSSR count). The molecule has 1 heterocycles. The summed E-state index contributed by atoms with van der Waals surface area (Å²) in [6, 6.07) is 0. The van der Waals surface area contributed by atoms with Crippen LogP contribution in [-0.2, 0) is 6.54 Å². The minimum Gasteiger partial charge on any atom is -0.310 e. The molecular formula is C7H12N2S2. The molecule has 2 nitrogen and oxygen atoms in total. The standard InChI is InChI=1S/C7H12N2S2/c1-10-3-2-8-4-7-5-11-6-9-7/h5-6,8H,2-4H2,1H3. The monoisotopic (exact) mass is 188 g/mol. The highest BCUT2D eigenvalue weighted by Crippen LogP contribution is 1.99. The van der Waals surface area contributed by atoms with Crippen molar-refractivity contribution in [1.82, 2.24) is 10.3 Å². The van der Waals surface area contributed by atoms with Gasteiger partial charge in [0.2, 0.25) is 0 Å². The average Bonchev–Trinajstić information content (AvgIpc) is 2.50. The summed E-state index contributed by atoms with van der Waals surface area (Å²) in [7, 11) is 0. The molecule has 4 heteroatoms. The van der Waals surface area contributed by atoms with E-state index in [0.717, 1.165) is 18.8 Å². The van der Waals surface area contributed by atoms with Crippen LogP contribution in [0.15, 0.2) is 10.9 Å². The molecule has 11 heavy (non-hydrogen) atoms.